The molecule has 0 saturated heterocycles. The van der Waals surface area contributed by atoms with Crippen molar-refractivity contribution < 1.29 is 33.0 Å². The number of carbonyl (C=O) groups is 1. The van der Waals surface area contributed by atoms with E-state index in [0.29, 0.717) is 0 Å². The van der Waals surface area contributed by atoms with E-state index in [2.05, 4.69) is 4.52 Å². The molecule has 0 bridgehead atoms. The molecule has 7 nitrogen and oxygen atoms in total. The van der Waals surface area contributed by atoms with Crippen molar-refractivity contribution >= 4 is 13.6 Å². The Balaban J connectivity index is 2.94. The van der Waals surface area contributed by atoms with E-state index in [0.717, 1.165) is 7.11 Å². The van der Waals surface area contributed by atoms with Crippen LogP contribution in [0.25, 0.3) is 0 Å². The smallest absolute Gasteiger partial charge is 0.383 e. The van der Waals surface area contributed by atoms with Gasteiger partial charge in [-0.25, -0.2) is 4.79 Å². The van der Waals surface area contributed by atoms with E-state index in [1.807, 2.05) is 0 Å². The maximum atomic E-state index is 11.3. The summed E-state index contributed by atoms with van der Waals surface area (Å²) in [5.41, 5.74) is 0. The standard InChI is InChI=1S/C9H13O7P/c1-13-7-6(4-5-17(11,12)15-3)16-9(10)8(7)14-2/h4H,5H2,1-3H3,(H,11,12)/b6-4-. The third-order valence-electron chi connectivity index (χ3n) is 2.02. The molecular weight excluding hydrogens is 251 g/mol. The summed E-state index contributed by atoms with van der Waals surface area (Å²) in [5.74, 6) is -0.654. The lowest BCUT2D eigenvalue weighted by Crippen LogP contribution is -2.00. The van der Waals surface area contributed by atoms with Gasteiger partial charge in [-0.1, -0.05) is 0 Å². The van der Waals surface area contributed by atoms with Crippen LogP contribution in [0.2, 0.25) is 0 Å². The highest BCUT2D eigenvalue weighted by Crippen LogP contribution is 2.41. The first-order valence-corrected chi connectivity index (χ1v) is 6.34. The zero-order valence-corrected chi connectivity index (χ0v) is 10.5. The molecule has 0 fully saturated rings. The van der Waals surface area contributed by atoms with Gasteiger partial charge in [0.05, 0.1) is 20.4 Å². The fourth-order valence-corrected chi connectivity index (χ4v) is 1.72. The van der Waals surface area contributed by atoms with Crippen LogP contribution in [0.4, 0.5) is 0 Å². The Hall–Kier alpha value is -1.30. The van der Waals surface area contributed by atoms with Crippen molar-refractivity contribution in [2.75, 3.05) is 27.5 Å². The summed E-state index contributed by atoms with van der Waals surface area (Å²) in [6, 6.07) is 0. The third-order valence-corrected chi connectivity index (χ3v) is 3.23. The van der Waals surface area contributed by atoms with Crippen LogP contribution in [0.1, 0.15) is 0 Å². The minimum Gasteiger partial charge on any atom is -0.490 e. The fraction of sp³-hybridized carbons (Fsp3) is 0.444. The average molecular weight is 264 g/mol. The Labute approximate surface area is 98.1 Å². The third kappa shape index (κ3) is 3.09. The highest BCUT2D eigenvalue weighted by Gasteiger charge is 2.33. The molecule has 1 rings (SSSR count). The zero-order valence-electron chi connectivity index (χ0n) is 9.63. The van der Waals surface area contributed by atoms with Crippen molar-refractivity contribution in [2.45, 2.75) is 0 Å². The van der Waals surface area contributed by atoms with Gasteiger partial charge in [-0.3, -0.25) is 4.57 Å². The number of ether oxygens (including phenoxy) is 3. The van der Waals surface area contributed by atoms with Crippen LogP contribution in [0.5, 0.6) is 0 Å². The van der Waals surface area contributed by atoms with Crippen LogP contribution in [0.15, 0.2) is 23.4 Å². The normalized spacial score (nSPS) is 21.4. The molecule has 1 heterocycles. The number of rotatable bonds is 5. The summed E-state index contributed by atoms with van der Waals surface area (Å²) in [6.07, 6.45) is 0.947. The van der Waals surface area contributed by atoms with Crippen LogP contribution in [-0.2, 0) is 28.1 Å². The molecule has 0 saturated carbocycles. The highest BCUT2D eigenvalue weighted by molar-refractivity contribution is 7.53. The number of hydrogen-bond acceptors (Lipinski definition) is 6. The second-order valence-electron chi connectivity index (χ2n) is 3.03. The van der Waals surface area contributed by atoms with Gasteiger partial charge in [0.1, 0.15) is 0 Å². The van der Waals surface area contributed by atoms with Crippen LogP contribution in [-0.4, -0.2) is 38.4 Å². The topological polar surface area (TPSA) is 91.3 Å². The quantitative estimate of drug-likeness (QED) is 0.579. The van der Waals surface area contributed by atoms with E-state index in [4.69, 9.17) is 14.2 Å². The van der Waals surface area contributed by atoms with E-state index < -0.39 is 13.6 Å². The van der Waals surface area contributed by atoms with Crippen LogP contribution >= 0.6 is 7.60 Å². The average Bonchev–Trinajstić information content (AvgIpc) is 2.62. The van der Waals surface area contributed by atoms with Gasteiger partial charge in [0.2, 0.25) is 5.76 Å². The summed E-state index contributed by atoms with van der Waals surface area (Å²) >= 11 is 0. The SMILES string of the molecule is COC1=C(OC)/C(=C/CP(=O)(O)OC)OC1=O. The summed E-state index contributed by atoms with van der Waals surface area (Å²) in [7, 11) is 0.0498. The molecule has 1 atom stereocenters. The van der Waals surface area contributed by atoms with Crippen molar-refractivity contribution in [2.24, 2.45) is 0 Å². The maximum absolute atomic E-state index is 11.3. The second-order valence-corrected chi connectivity index (χ2v) is 5.03. The van der Waals surface area contributed by atoms with E-state index in [1.165, 1.54) is 20.3 Å². The van der Waals surface area contributed by atoms with Crippen molar-refractivity contribution in [1.29, 1.82) is 0 Å². The molecule has 0 spiro atoms. The monoisotopic (exact) mass is 264 g/mol. The number of allylic oxidation sites excluding steroid dienone is 1. The van der Waals surface area contributed by atoms with Crippen LogP contribution in [0.3, 0.4) is 0 Å². The zero-order chi connectivity index (χ0) is 13.1. The lowest BCUT2D eigenvalue weighted by atomic mass is 10.3. The Morgan fingerprint density at radius 2 is 1.88 bits per heavy atom. The van der Waals surface area contributed by atoms with Gasteiger partial charge in [0.15, 0.2) is 5.76 Å². The molecule has 0 aromatic carbocycles. The second kappa shape index (κ2) is 5.35. The summed E-state index contributed by atoms with van der Waals surface area (Å²) < 4.78 is 30.1. The van der Waals surface area contributed by atoms with Crippen molar-refractivity contribution in [3.63, 3.8) is 0 Å². The van der Waals surface area contributed by atoms with Crippen molar-refractivity contribution in [3.05, 3.63) is 23.4 Å². The predicted octanol–water partition coefficient (Wildman–Crippen LogP) is 0.763. The first-order valence-electron chi connectivity index (χ1n) is 4.57. The highest BCUT2D eigenvalue weighted by atomic mass is 31.2. The molecule has 0 aliphatic carbocycles. The lowest BCUT2D eigenvalue weighted by molar-refractivity contribution is -0.136. The molecule has 0 radical (unpaired) electrons. The first-order chi connectivity index (χ1) is 7.95. The van der Waals surface area contributed by atoms with Crippen LogP contribution in [0, 0.1) is 0 Å². The van der Waals surface area contributed by atoms with E-state index in [9.17, 15) is 14.3 Å². The molecule has 1 aliphatic rings. The van der Waals surface area contributed by atoms with E-state index in [-0.39, 0.29) is 23.4 Å². The molecular formula is C9H13O7P. The Bertz CT molecular complexity index is 423. The van der Waals surface area contributed by atoms with Crippen LogP contribution < -0.4 is 0 Å². The Morgan fingerprint density at radius 1 is 1.29 bits per heavy atom. The molecule has 0 amide bonds. The van der Waals surface area contributed by atoms with E-state index in [1.54, 1.807) is 0 Å². The molecule has 1 N–H and O–H groups in total. The number of cyclic esters (lactones) is 1. The Morgan fingerprint density at radius 3 is 2.35 bits per heavy atom. The van der Waals surface area contributed by atoms with Gasteiger partial charge in [0.25, 0.3) is 5.76 Å². The molecule has 0 aromatic heterocycles. The first kappa shape index (κ1) is 13.8. The largest absolute Gasteiger partial charge is 0.490 e. The number of methoxy groups -OCH3 is 2. The summed E-state index contributed by atoms with van der Waals surface area (Å²) in [6.45, 7) is 0. The fourth-order valence-electron chi connectivity index (χ4n) is 1.17. The van der Waals surface area contributed by atoms with Crippen molar-refractivity contribution in [1.82, 2.24) is 0 Å². The summed E-state index contributed by atoms with van der Waals surface area (Å²) in [4.78, 5) is 20.5. The molecule has 96 valence electrons. The number of esters is 1. The lowest BCUT2D eigenvalue weighted by Gasteiger charge is -2.06. The molecule has 17 heavy (non-hydrogen) atoms. The minimum absolute atomic E-state index is 0.0423. The van der Waals surface area contributed by atoms with Gasteiger partial charge in [0, 0.05) is 7.11 Å². The molecule has 1 unspecified atom stereocenters. The van der Waals surface area contributed by atoms with Gasteiger partial charge >= 0.3 is 13.6 Å². The minimum atomic E-state index is -3.70. The predicted molar refractivity (Wildman–Crippen MR) is 56.9 cm³/mol. The van der Waals surface area contributed by atoms with Gasteiger partial charge in [-0.05, 0) is 6.08 Å². The van der Waals surface area contributed by atoms with Gasteiger partial charge < -0.3 is 23.6 Å². The van der Waals surface area contributed by atoms with E-state index >= 15 is 0 Å². The van der Waals surface area contributed by atoms with Crippen molar-refractivity contribution in [3.8, 4) is 0 Å². The van der Waals surface area contributed by atoms with Gasteiger partial charge in [-0.2, -0.15) is 0 Å². The van der Waals surface area contributed by atoms with Gasteiger partial charge in [-0.15, -0.1) is 0 Å². The summed E-state index contributed by atoms with van der Waals surface area (Å²) in [5, 5.41) is 0. The number of carbonyl (C=O) groups excluding carboxylic acids is 1. The molecule has 1 aliphatic heterocycles. The molecule has 8 heteroatoms. The number of hydrogen-bond donors (Lipinski definition) is 1. The molecule has 0 aromatic rings. The maximum Gasteiger partial charge on any atom is 0.383 e. The Kier molecular flexibility index (Phi) is 4.34.